The Morgan fingerprint density at radius 1 is 0.949 bits per heavy atom. The summed E-state index contributed by atoms with van der Waals surface area (Å²) in [6.07, 6.45) is 8.90. The summed E-state index contributed by atoms with van der Waals surface area (Å²) in [6, 6.07) is 15.2. The molecule has 0 spiro atoms. The largest absolute Gasteiger partial charge is 0.348 e. The van der Waals surface area contributed by atoms with Crippen molar-refractivity contribution >= 4 is 35.0 Å². The quantitative estimate of drug-likeness (QED) is 0.325. The number of nitrogens with zero attached hydrogens (tertiary/aromatic N) is 3. The van der Waals surface area contributed by atoms with Gasteiger partial charge in [-0.15, -0.1) is 0 Å². The molecule has 2 aromatic carbocycles. The van der Waals surface area contributed by atoms with Crippen LogP contribution in [-0.4, -0.2) is 73.8 Å². The summed E-state index contributed by atoms with van der Waals surface area (Å²) in [7, 11) is 5.69. The normalized spacial score (nSPS) is 18.9. The van der Waals surface area contributed by atoms with E-state index >= 15 is 0 Å². The van der Waals surface area contributed by atoms with Gasteiger partial charge in [-0.1, -0.05) is 66.7 Å². The summed E-state index contributed by atoms with van der Waals surface area (Å²) in [6.45, 7) is 3.37. The molecule has 212 valence electrons. The molecule has 2 fully saturated rings. The number of carbonyl (C=O) groups excluding carboxylic acids is 2. The van der Waals surface area contributed by atoms with Gasteiger partial charge in [0.2, 0.25) is 5.91 Å². The molecule has 0 aromatic heterocycles. The number of likely N-dealkylation sites (tertiary alicyclic amines) is 1. The minimum atomic E-state index is -0.216. The molecule has 1 aliphatic carbocycles. The Labute approximate surface area is 244 Å². The minimum Gasteiger partial charge on any atom is -0.348 e. The van der Waals surface area contributed by atoms with Crippen LogP contribution < -0.4 is 0 Å². The van der Waals surface area contributed by atoms with Gasteiger partial charge < -0.3 is 14.7 Å². The van der Waals surface area contributed by atoms with Gasteiger partial charge in [-0.05, 0) is 87.5 Å². The van der Waals surface area contributed by atoms with E-state index in [4.69, 9.17) is 23.2 Å². The van der Waals surface area contributed by atoms with E-state index in [-0.39, 0.29) is 17.2 Å². The Morgan fingerprint density at radius 3 is 2.23 bits per heavy atom. The first-order valence-corrected chi connectivity index (χ1v) is 15.2. The van der Waals surface area contributed by atoms with Crippen LogP contribution in [0.25, 0.3) is 0 Å². The first kappa shape index (κ1) is 29.9. The summed E-state index contributed by atoms with van der Waals surface area (Å²) >= 11 is 12.6. The zero-order valence-electron chi connectivity index (χ0n) is 23.7. The summed E-state index contributed by atoms with van der Waals surface area (Å²) in [5.41, 5.74) is 1.56. The molecule has 0 radical (unpaired) electrons. The zero-order chi connectivity index (χ0) is 28.0. The van der Waals surface area contributed by atoms with Gasteiger partial charge in [0.1, 0.15) is 0 Å². The van der Waals surface area contributed by atoms with Gasteiger partial charge in [0.25, 0.3) is 5.91 Å². The number of carbonyl (C=O) groups is 2. The zero-order valence-corrected chi connectivity index (χ0v) is 25.2. The molecule has 39 heavy (non-hydrogen) atoms. The van der Waals surface area contributed by atoms with Crippen molar-refractivity contribution in [2.24, 2.45) is 11.3 Å². The first-order chi connectivity index (χ1) is 18.7. The molecule has 0 N–H and O–H groups in total. The van der Waals surface area contributed by atoms with E-state index < -0.39 is 0 Å². The van der Waals surface area contributed by atoms with E-state index in [0.717, 1.165) is 44.5 Å². The van der Waals surface area contributed by atoms with E-state index in [0.29, 0.717) is 34.0 Å². The molecular weight excluding hydrogens is 529 g/mol. The molecule has 2 amide bonds. The van der Waals surface area contributed by atoms with Crippen LogP contribution in [0.2, 0.25) is 10.0 Å². The third-order valence-corrected chi connectivity index (χ3v) is 9.78. The Bertz CT molecular complexity index is 1110. The fourth-order valence-corrected chi connectivity index (χ4v) is 7.06. The minimum absolute atomic E-state index is 0.0121. The molecule has 5 nitrogen and oxygen atoms in total. The highest BCUT2D eigenvalue weighted by atomic mass is 35.5. The number of rotatable bonds is 9. The predicted molar refractivity (Wildman–Crippen MR) is 161 cm³/mol. The average Bonchev–Trinajstić information content (AvgIpc) is 2.97. The van der Waals surface area contributed by atoms with Gasteiger partial charge in [-0.2, -0.15) is 0 Å². The number of benzene rings is 2. The molecular formula is C32H43Cl2N3O2. The van der Waals surface area contributed by atoms with Gasteiger partial charge in [0.05, 0.1) is 15.5 Å². The van der Waals surface area contributed by atoms with Crippen molar-refractivity contribution in [2.75, 3.05) is 47.3 Å². The van der Waals surface area contributed by atoms with Crippen molar-refractivity contribution in [2.45, 2.75) is 57.3 Å². The maximum Gasteiger partial charge on any atom is 0.253 e. The van der Waals surface area contributed by atoms with E-state index in [1.807, 2.05) is 79.5 Å². The molecule has 0 bridgehead atoms. The number of hydrogen-bond acceptors (Lipinski definition) is 3. The molecule has 1 unspecified atom stereocenters. The maximum atomic E-state index is 13.5. The number of piperidine rings is 1. The highest BCUT2D eigenvalue weighted by molar-refractivity contribution is 6.42. The smallest absolute Gasteiger partial charge is 0.253 e. The molecule has 1 aliphatic heterocycles. The first-order valence-electron chi connectivity index (χ1n) is 14.4. The Morgan fingerprint density at radius 2 is 1.62 bits per heavy atom. The molecule has 1 saturated heterocycles. The summed E-state index contributed by atoms with van der Waals surface area (Å²) in [5, 5.41) is 1.07. The Hall–Kier alpha value is -2.08. The van der Waals surface area contributed by atoms with Gasteiger partial charge in [0.15, 0.2) is 0 Å². The lowest BCUT2D eigenvalue weighted by atomic mass is 9.63. The van der Waals surface area contributed by atoms with E-state index in [1.54, 1.807) is 0 Å². The molecule has 2 aromatic rings. The lowest BCUT2D eigenvalue weighted by molar-refractivity contribution is -0.148. The van der Waals surface area contributed by atoms with Crippen LogP contribution in [0.15, 0.2) is 48.5 Å². The Balaban J connectivity index is 1.44. The summed E-state index contributed by atoms with van der Waals surface area (Å²) in [5.74, 6) is 0.956. The third kappa shape index (κ3) is 7.17. The monoisotopic (exact) mass is 571 g/mol. The maximum absolute atomic E-state index is 13.5. The number of halogens is 2. The van der Waals surface area contributed by atoms with Gasteiger partial charge in [-0.3, -0.25) is 9.59 Å². The molecule has 1 atom stereocenters. The second kappa shape index (κ2) is 13.5. The average molecular weight is 573 g/mol. The van der Waals surface area contributed by atoms with Gasteiger partial charge in [0, 0.05) is 39.2 Å². The van der Waals surface area contributed by atoms with Crippen LogP contribution in [0.5, 0.6) is 0 Å². The summed E-state index contributed by atoms with van der Waals surface area (Å²) in [4.78, 5) is 32.7. The van der Waals surface area contributed by atoms with Crippen molar-refractivity contribution in [3.8, 4) is 0 Å². The highest BCUT2D eigenvalue weighted by Gasteiger charge is 2.48. The van der Waals surface area contributed by atoms with Crippen LogP contribution in [-0.2, 0) is 4.79 Å². The van der Waals surface area contributed by atoms with Gasteiger partial charge >= 0.3 is 0 Å². The molecule has 4 rings (SSSR count). The van der Waals surface area contributed by atoms with E-state index in [1.165, 1.54) is 32.1 Å². The van der Waals surface area contributed by atoms with Crippen molar-refractivity contribution in [3.63, 3.8) is 0 Å². The topological polar surface area (TPSA) is 43.9 Å². The second-order valence-corrected chi connectivity index (χ2v) is 12.6. The summed E-state index contributed by atoms with van der Waals surface area (Å²) < 4.78 is 0. The molecule has 1 saturated carbocycles. The third-order valence-electron chi connectivity index (χ3n) is 9.04. The van der Waals surface area contributed by atoms with Gasteiger partial charge in [-0.25, -0.2) is 0 Å². The molecule has 1 heterocycles. The van der Waals surface area contributed by atoms with Crippen molar-refractivity contribution in [1.82, 2.24) is 14.7 Å². The van der Waals surface area contributed by atoms with Crippen molar-refractivity contribution in [1.29, 1.82) is 0 Å². The highest BCUT2D eigenvalue weighted by Crippen LogP contribution is 2.47. The van der Waals surface area contributed by atoms with Crippen LogP contribution in [0.1, 0.15) is 73.2 Å². The molecule has 2 aliphatic rings. The standard InChI is InChI=1S/C32H43Cl2N3O2/c1-35(2)31(39)32(27-12-8-5-9-13-27)17-20-37(21-18-32)19-16-26(25-14-15-28(33)29(34)22-25)23-36(3)30(38)24-10-6-4-7-11-24/h4,6-7,10-11,14-15,22,26-27H,5,8-9,12-13,16-21,23H2,1-3H3. The second-order valence-electron chi connectivity index (χ2n) is 11.7. The number of amides is 2. The van der Waals surface area contributed by atoms with E-state index in [2.05, 4.69) is 4.90 Å². The fraction of sp³-hybridized carbons (Fsp3) is 0.562. The predicted octanol–water partition coefficient (Wildman–Crippen LogP) is 6.99. The number of hydrogen-bond donors (Lipinski definition) is 0. The molecule has 7 heteroatoms. The van der Waals surface area contributed by atoms with Crippen LogP contribution in [0.3, 0.4) is 0 Å². The fourth-order valence-electron chi connectivity index (χ4n) is 6.76. The lowest BCUT2D eigenvalue weighted by Gasteiger charge is -2.48. The van der Waals surface area contributed by atoms with Crippen molar-refractivity contribution in [3.05, 3.63) is 69.7 Å². The van der Waals surface area contributed by atoms with Crippen LogP contribution >= 0.6 is 23.2 Å². The number of likely N-dealkylation sites (N-methyl/N-ethyl adjacent to an activating group) is 1. The SMILES string of the molecule is CN(C)C(=O)C1(C2CCCCC2)CCN(CCC(CN(C)C(=O)c2ccccc2)c2ccc(Cl)c(Cl)c2)CC1. The van der Waals surface area contributed by atoms with Crippen LogP contribution in [0.4, 0.5) is 0 Å². The van der Waals surface area contributed by atoms with E-state index in [9.17, 15) is 9.59 Å². The van der Waals surface area contributed by atoms with Crippen molar-refractivity contribution < 1.29 is 9.59 Å². The Kier molecular flexibility index (Phi) is 10.4. The lowest BCUT2D eigenvalue weighted by Crippen LogP contribution is -2.52. The van der Waals surface area contributed by atoms with Crippen LogP contribution in [0, 0.1) is 11.3 Å².